The van der Waals surface area contributed by atoms with Crippen LogP contribution in [0, 0.1) is 0 Å². The van der Waals surface area contributed by atoms with Crippen LogP contribution >= 0.6 is 31.1 Å². The van der Waals surface area contributed by atoms with Crippen LogP contribution in [0.1, 0.15) is 0 Å². The lowest BCUT2D eigenvalue weighted by Crippen LogP contribution is -2.21. The van der Waals surface area contributed by atoms with E-state index in [1.807, 2.05) is 24.3 Å². The standard InChI is InChI=1S/C30H19Cl2P/c31-23-9-13-25(14-10-23)33(26-15-11-24(32)12-16-26)30-19-22-17-20-5-1-2-6-21(20)18-29(22)27-7-3-4-8-28(27)30/h1-19H. The fraction of sp³-hybridized carbons (Fsp3) is 0. The second kappa shape index (κ2) is 8.47. The molecular formula is C30H19Cl2P. The summed E-state index contributed by atoms with van der Waals surface area (Å²) in [6.45, 7) is 0. The monoisotopic (exact) mass is 480 g/mol. The zero-order valence-corrected chi connectivity index (χ0v) is 20.1. The van der Waals surface area contributed by atoms with Gasteiger partial charge in [0.2, 0.25) is 0 Å². The minimum Gasteiger partial charge on any atom is -0.0843 e. The second-order valence-electron chi connectivity index (χ2n) is 8.15. The number of rotatable bonds is 3. The van der Waals surface area contributed by atoms with Gasteiger partial charge in [0.15, 0.2) is 0 Å². The third-order valence-electron chi connectivity index (χ3n) is 6.11. The summed E-state index contributed by atoms with van der Waals surface area (Å²) in [5.41, 5.74) is 0. The van der Waals surface area contributed by atoms with Crippen LogP contribution in [0.4, 0.5) is 0 Å². The normalized spacial score (nSPS) is 11.6. The van der Waals surface area contributed by atoms with Crippen LogP contribution in [0.3, 0.4) is 0 Å². The summed E-state index contributed by atoms with van der Waals surface area (Å²) in [4.78, 5) is 0. The fourth-order valence-electron chi connectivity index (χ4n) is 4.57. The first-order valence-corrected chi connectivity index (χ1v) is 12.9. The molecule has 6 aromatic rings. The Balaban J connectivity index is 1.70. The summed E-state index contributed by atoms with van der Waals surface area (Å²) in [7, 11) is -0.804. The van der Waals surface area contributed by atoms with Gasteiger partial charge in [0, 0.05) is 10.0 Å². The summed E-state index contributed by atoms with van der Waals surface area (Å²) in [5, 5.41) is 13.0. The van der Waals surface area contributed by atoms with Crippen LogP contribution in [-0.2, 0) is 0 Å². The average Bonchev–Trinajstić information content (AvgIpc) is 2.85. The zero-order chi connectivity index (χ0) is 22.4. The van der Waals surface area contributed by atoms with Crippen LogP contribution in [-0.4, -0.2) is 0 Å². The number of hydrogen-bond donors (Lipinski definition) is 0. The maximum absolute atomic E-state index is 6.25. The van der Waals surface area contributed by atoms with Gasteiger partial charge in [0.25, 0.3) is 0 Å². The third kappa shape index (κ3) is 3.79. The van der Waals surface area contributed by atoms with Crippen molar-refractivity contribution in [1.29, 1.82) is 0 Å². The Kier molecular flexibility index (Phi) is 5.31. The molecule has 0 bridgehead atoms. The van der Waals surface area contributed by atoms with Crippen molar-refractivity contribution in [2.75, 3.05) is 0 Å². The van der Waals surface area contributed by atoms with Gasteiger partial charge in [-0.05, 0) is 98.6 Å². The largest absolute Gasteiger partial charge is 0.0843 e. The second-order valence-corrected chi connectivity index (χ2v) is 11.2. The molecule has 0 N–H and O–H groups in total. The third-order valence-corrected chi connectivity index (χ3v) is 9.10. The summed E-state index contributed by atoms with van der Waals surface area (Å²) < 4.78 is 0. The van der Waals surface area contributed by atoms with Crippen molar-refractivity contribution in [2.45, 2.75) is 0 Å². The molecule has 0 spiro atoms. The molecule has 0 aromatic heterocycles. The van der Waals surface area contributed by atoms with E-state index in [1.54, 1.807) is 0 Å². The summed E-state index contributed by atoms with van der Waals surface area (Å²) >= 11 is 12.5. The lowest BCUT2D eigenvalue weighted by atomic mass is 9.98. The van der Waals surface area contributed by atoms with E-state index in [0.717, 1.165) is 10.0 Å². The maximum Gasteiger partial charge on any atom is 0.0406 e. The summed E-state index contributed by atoms with van der Waals surface area (Å²) in [6.07, 6.45) is 0. The van der Waals surface area contributed by atoms with Gasteiger partial charge in [0.1, 0.15) is 0 Å². The van der Waals surface area contributed by atoms with Crippen LogP contribution in [0.5, 0.6) is 0 Å². The minimum atomic E-state index is -0.804. The molecular weight excluding hydrogens is 462 g/mol. The van der Waals surface area contributed by atoms with Crippen molar-refractivity contribution in [3.8, 4) is 0 Å². The average molecular weight is 481 g/mol. The highest BCUT2D eigenvalue weighted by atomic mass is 35.5. The first-order chi connectivity index (χ1) is 16.2. The number of halogens is 2. The minimum absolute atomic E-state index is 0.750. The quantitative estimate of drug-likeness (QED) is 0.136. The van der Waals surface area contributed by atoms with E-state index in [9.17, 15) is 0 Å². The number of benzene rings is 6. The summed E-state index contributed by atoms with van der Waals surface area (Å²) in [6, 6.07) is 40.9. The Labute approximate surface area is 204 Å². The van der Waals surface area contributed by atoms with Gasteiger partial charge in [-0.25, -0.2) is 0 Å². The van der Waals surface area contributed by atoms with E-state index >= 15 is 0 Å². The smallest absolute Gasteiger partial charge is 0.0406 e. The highest BCUT2D eigenvalue weighted by molar-refractivity contribution is 7.80. The molecule has 33 heavy (non-hydrogen) atoms. The van der Waals surface area contributed by atoms with Crippen molar-refractivity contribution in [3.63, 3.8) is 0 Å². The molecule has 6 rings (SSSR count). The maximum atomic E-state index is 6.25. The Bertz CT molecular complexity index is 1570. The number of fused-ring (bicyclic) bond motifs is 4. The summed E-state index contributed by atoms with van der Waals surface area (Å²) in [5.74, 6) is 0. The van der Waals surface area contributed by atoms with Crippen molar-refractivity contribution in [3.05, 3.63) is 125 Å². The molecule has 3 heteroatoms. The molecule has 0 unspecified atom stereocenters. The van der Waals surface area contributed by atoms with Crippen molar-refractivity contribution in [2.24, 2.45) is 0 Å². The molecule has 0 atom stereocenters. The Morgan fingerprint density at radius 3 is 1.55 bits per heavy atom. The van der Waals surface area contributed by atoms with Crippen molar-refractivity contribution < 1.29 is 0 Å². The Morgan fingerprint density at radius 2 is 0.939 bits per heavy atom. The highest BCUT2D eigenvalue weighted by Crippen LogP contribution is 2.39. The van der Waals surface area contributed by atoms with E-state index in [-0.39, 0.29) is 0 Å². The van der Waals surface area contributed by atoms with Gasteiger partial charge in [0.05, 0.1) is 0 Å². The molecule has 0 saturated heterocycles. The van der Waals surface area contributed by atoms with Crippen LogP contribution in [0.2, 0.25) is 10.0 Å². The molecule has 0 heterocycles. The molecule has 0 nitrogen and oxygen atoms in total. The van der Waals surface area contributed by atoms with E-state index in [0.29, 0.717) is 0 Å². The molecule has 0 aliphatic heterocycles. The molecule has 0 fully saturated rings. The first-order valence-electron chi connectivity index (χ1n) is 10.8. The lowest BCUT2D eigenvalue weighted by molar-refractivity contribution is 1.74. The fourth-order valence-corrected chi connectivity index (χ4v) is 7.27. The van der Waals surface area contributed by atoms with E-state index in [1.165, 1.54) is 48.2 Å². The molecule has 0 aliphatic rings. The zero-order valence-electron chi connectivity index (χ0n) is 17.7. The van der Waals surface area contributed by atoms with E-state index < -0.39 is 7.92 Å². The molecule has 0 saturated carbocycles. The Morgan fingerprint density at radius 1 is 0.424 bits per heavy atom. The first kappa shape index (κ1) is 20.7. The lowest BCUT2D eigenvalue weighted by Gasteiger charge is -2.22. The van der Waals surface area contributed by atoms with Gasteiger partial charge >= 0.3 is 0 Å². The van der Waals surface area contributed by atoms with Crippen LogP contribution in [0.25, 0.3) is 32.3 Å². The highest BCUT2D eigenvalue weighted by Gasteiger charge is 2.20. The van der Waals surface area contributed by atoms with Gasteiger partial charge < -0.3 is 0 Å². The topological polar surface area (TPSA) is 0 Å². The molecule has 158 valence electrons. The van der Waals surface area contributed by atoms with Gasteiger partial charge in [-0.1, -0.05) is 96.0 Å². The predicted molar refractivity (Wildman–Crippen MR) is 148 cm³/mol. The Hall–Kier alpha value is -2.89. The van der Waals surface area contributed by atoms with Crippen LogP contribution < -0.4 is 15.9 Å². The van der Waals surface area contributed by atoms with E-state index in [2.05, 4.69) is 91.0 Å². The van der Waals surface area contributed by atoms with Crippen LogP contribution in [0.15, 0.2) is 115 Å². The van der Waals surface area contributed by atoms with Crippen molar-refractivity contribution >= 4 is 79.4 Å². The molecule has 0 aliphatic carbocycles. The number of hydrogen-bond acceptors (Lipinski definition) is 0. The van der Waals surface area contributed by atoms with E-state index in [4.69, 9.17) is 23.2 Å². The molecule has 0 radical (unpaired) electrons. The van der Waals surface area contributed by atoms with Gasteiger partial charge in [-0.3, -0.25) is 0 Å². The van der Waals surface area contributed by atoms with Gasteiger partial charge in [-0.2, -0.15) is 0 Å². The predicted octanol–water partition coefficient (Wildman–Crippen LogP) is 8.21. The molecule has 6 aromatic carbocycles. The SMILES string of the molecule is Clc1ccc(P(c2ccc(Cl)cc2)c2cc3cc4ccccc4cc3c3ccccc23)cc1. The van der Waals surface area contributed by atoms with Gasteiger partial charge in [-0.15, -0.1) is 0 Å². The van der Waals surface area contributed by atoms with Crippen molar-refractivity contribution in [1.82, 2.24) is 0 Å². The molecule has 0 amide bonds.